The van der Waals surface area contributed by atoms with Crippen LogP contribution in [0, 0.1) is 0 Å². The van der Waals surface area contributed by atoms with Gasteiger partial charge in [0.25, 0.3) is 0 Å². The van der Waals surface area contributed by atoms with Crippen LogP contribution in [0.5, 0.6) is 0 Å². The molecule has 0 atom stereocenters. The summed E-state index contributed by atoms with van der Waals surface area (Å²) in [5, 5.41) is 0. The molecule has 1 aromatic heterocycles. The SMILES string of the molecule is NC1CCN(c2cc(N3CCCC3)ncn2)CC1. The van der Waals surface area contributed by atoms with Crippen molar-refractivity contribution >= 4 is 11.6 Å². The van der Waals surface area contributed by atoms with Gasteiger partial charge >= 0.3 is 0 Å². The molecule has 5 heteroatoms. The topological polar surface area (TPSA) is 58.3 Å². The van der Waals surface area contributed by atoms with Crippen molar-refractivity contribution in [3.8, 4) is 0 Å². The molecule has 18 heavy (non-hydrogen) atoms. The van der Waals surface area contributed by atoms with E-state index in [1.54, 1.807) is 6.33 Å². The maximum Gasteiger partial charge on any atom is 0.134 e. The first-order valence-electron chi connectivity index (χ1n) is 6.90. The highest BCUT2D eigenvalue weighted by Gasteiger charge is 2.19. The molecule has 0 saturated carbocycles. The van der Waals surface area contributed by atoms with Crippen molar-refractivity contribution in [2.24, 2.45) is 5.73 Å². The van der Waals surface area contributed by atoms with E-state index in [1.165, 1.54) is 12.8 Å². The molecule has 5 nitrogen and oxygen atoms in total. The average Bonchev–Trinajstić information content (AvgIpc) is 2.94. The maximum absolute atomic E-state index is 5.94. The number of nitrogens with two attached hydrogens (primary N) is 1. The van der Waals surface area contributed by atoms with Crippen molar-refractivity contribution in [2.45, 2.75) is 31.7 Å². The fourth-order valence-corrected chi connectivity index (χ4v) is 2.76. The molecule has 0 spiro atoms. The minimum absolute atomic E-state index is 0.362. The number of rotatable bonds is 2. The van der Waals surface area contributed by atoms with Crippen molar-refractivity contribution < 1.29 is 0 Å². The maximum atomic E-state index is 5.94. The molecule has 2 saturated heterocycles. The first kappa shape index (κ1) is 11.7. The van der Waals surface area contributed by atoms with Crippen molar-refractivity contribution in [1.82, 2.24) is 9.97 Å². The fourth-order valence-electron chi connectivity index (χ4n) is 2.76. The third kappa shape index (κ3) is 2.41. The van der Waals surface area contributed by atoms with E-state index >= 15 is 0 Å². The van der Waals surface area contributed by atoms with E-state index in [0.717, 1.165) is 50.7 Å². The molecular formula is C13H21N5. The van der Waals surface area contributed by atoms with E-state index in [4.69, 9.17) is 5.73 Å². The summed E-state index contributed by atoms with van der Waals surface area (Å²) < 4.78 is 0. The predicted molar refractivity (Wildman–Crippen MR) is 72.9 cm³/mol. The van der Waals surface area contributed by atoms with Gasteiger partial charge in [-0.1, -0.05) is 0 Å². The minimum atomic E-state index is 0.362. The molecular weight excluding hydrogens is 226 g/mol. The Morgan fingerprint density at radius 2 is 1.50 bits per heavy atom. The van der Waals surface area contributed by atoms with E-state index in [0.29, 0.717) is 6.04 Å². The van der Waals surface area contributed by atoms with E-state index < -0.39 is 0 Å². The van der Waals surface area contributed by atoms with Gasteiger partial charge in [-0.05, 0) is 25.7 Å². The number of piperidine rings is 1. The van der Waals surface area contributed by atoms with E-state index in [2.05, 4.69) is 25.8 Å². The second-order valence-corrected chi connectivity index (χ2v) is 5.25. The zero-order valence-electron chi connectivity index (χ0n) is 10.8. The van der Waals surface area contributed by atoms with Gasteiger partial charge in [-0.15, -0.1) is 0 Å². The van der Waals surface area contributed by atoms with Gasteiger partial charge in [-0.25, -0.2) is 9.97 Å². The van der Waals surface area contributed by atoms with Crippen LogP contribution in [0.3, 0.4) is 0 Å². The first-order valence-corrected chi connectivity index (χ1v) is 6.90. The smallest absolute Gasteiger partial charge is 0.134 e. The van der Waals surface area contributed by atoms with Crippen LogP contribution in [0.4, 0.5) is 11.6 Å². The summed E-state index contributed by atoms with van der Waals surface area (Å²) in [6.45, 7) is 4.28. The van der Waals surface area contributed by atoms with Crippen LogP contribution in [0.15, 0.2) is 12.4 Å². The molecule has 0 radical (unpaired) electrons. The zero-order chi connectivity index (χ0) is 12.4. The van der Waals surface area contributed by atoms with E-state index in [9.17, 15) is 0 Å². The number of aromatic nitrogens is 2. The second-order valence-electron chi connectivity index (χ2n) is 5.25. The zero-order valence-corrected chi connectivity index (χ0v) is 10.8. The highest BCUT2D eigenvalue weighted by atomic mass is 15.2. The van der Waals surface area contributed by atoms with Crippen LogP contribution in [-0.4, -0.2) is 42.2 Å². The summed E-state index contributed by atoms with van der Waals surface area (Å²) in [6, 6.07) is 2.49. The molecule has 2 aliphatic heterocycles. The lowest BCUT2D eigenvalue weighted by molar-refractivity contribution is 0.498. The van der Waals surface area contributed by atoms with Crippen LogP contribution in [0.2, 0.25) is 0 Å². The average molecular weight is 247 g/mol. The highest BCUT2D eigenvalue weighted by Crippen LogP contribution is 2.23. The third-order valence-corrected chi connectivity index (χ3v) is 3.93. The van der Waals surface area contributed by atoms with Crippen LogP contribution >= 0.6 is 0 Å². The molecule has 0 bridgehead atoms. The Labute approximate surface area is 108 Å². The van der Waals surface area contributed by atoms with Crippen LogP contribution in [0.1, 0.15) is 25.7 Å². The van der Waals surface area contributed by atoms with Gasteiger partial charge in [0.1, 0.15) is 18.0 Å². The monoisotopic (exact) mass is 247 g/mol. The van der Waals surface area contributed by atoms with Crippen molar-refractivity contribution in [3.63, 3.8) is 0 Å². The van der Waals surface area contributed by atoms with Gasteiger partial charge in [0, 0.05) is 38.3 Å². The van der Waals surface area contributed by atoms with Gasteiger partial charge in [0.05, 0.1) is 0 Å². The Morgan fingerprint density at radius 3 is 2.11 bits per heavy atom. The summed E-state index contributed by atoms with van der Waals surface area (Å²) in [5.41, 5.74) is 5.94. The van der Waals surface area contributed by atoms with Gasteiger partial charge in [-0.2, -0.15) is 0 Å². The summed E-state index contributed by atoms with van der Waals surface area (Å²) in [4.78, 5) is 13.5. The van der Waals surface area contributed by atoms with Crippen LogP contribution < -0.4 is 15.5 Å². The quantitative estimate of drug-likeness (QED) is 0.845. The van der Waals surface area contributed by atoms with Crippen molar-refractivity contribution in [2.75, 3.05) is 36.0 Å². The molecule has 1 aromatic rings. The van der Waals surface area contributed by atoms with E-state index in [1.807, 2.05) is 0 Å². The molecule has 0 unspecified atom stereocenters. The first-order chi connectivity index (χ1) is 8.83. The fraction of sp³-hybridized carbons (Fsp3) is 0.692. The Kier molecular flexibility index (Phi) is 3.32. The van der Waals surface area contributed by atoms with Crippen LogP contribution in [-0.2, 0) is 0 Å². The van der Waals surface area contributed by atoms with Gasteiger partial charge < -0.3 is 15.5 Å². The second kappa shape index (κ2) is 5.10. The summed E-state index contributed by atoms with van der Waals surface area (Å²) in [5.74, 6) is 2.13. The minimum Gasteiger partial charge on any atom is -0.356 e. The molecule has 3 rings (SSSR count). The molecule has 3 heterocycles. The van der Waals surface area contributed by atoms with Crippen molar-refractivity contribution in [3.05, 3.63) is 12.4 Å². The lowest BCUT2D eigenvalue weighted by Crippen LogP contribution is -2.40. The number of nitrogens with zero attached hydrogens (tertiary/aromatic N) is 4. The lowest BCUT2D eigenvalue weighted by Gasteiger charge is -2.31. The highest BCUT2D eigenvalue weighted by molar-refractivity contribution is 5.50. The molecule has 2 aliphatic rings. The van der Waals surface area contributed by atoms with Gasteiger partial charge in [0.2, 0.25) is 0 Å². The molecule has 2 N–H and O–H groups in total. The summed E-state index contributed by atoms with van der Waals surface area (Å²) in [6.07, 6.45) is 6.36. The Balaban J connectivity index is 1.74. The standard InChI is InChI=1S/C13H21N5/c14-11-3-7-18(8-4-11)13-9-12(15-10-16-13)17-5-1-2-6-17/h9-11H,1-8,14H2. The molecule has 2 fully saturated rings. The number of hydrogen-bond donors (Lipinski definition) is 1. The largest absolute Gasteiger partial charge is 0.356 e. The predicted octanol–water partition coefficient (Wildman–Crippen LogP) is 1.00. The Morgan fingerprint density at radius 1 is 0.944 bits per heavy atom. The molecule has 0 amide bonds. The normalized spacial score (nSPS) is 21.6. The van der Waals surface area contributed by atoms with Crippen molar-refractivity contribution in [1.29, 1.82) is 0 Å². The van der Waals surface area contributed by atoms with Gasteiger partial charge in [-0.3, -0.25) is 0 Å². The molecule has 0 aromatic carbocycles. The van der Waals surface area contributed by atoms with E-state index in [-0.39, 0.29) is 0 Å². The Hall–Kier alpha value is -1.36. The third-order valence-electron chi connectivity index (χ3n) is 3.93. The molecule has 0 aliphatic carbocycles. The number of anilines is 2. The lowest BCUT2D eigenvalue weighted by atomic mass is 10.1. The molecule has 98 valence electrons. The van der Waals surface area contributed by atoms with Crippen LogP contribution in [0.25, 0.3) is 0 Å². The summed E-state index contributed by atoms with van der Waals surface area (Å²) in [7, 11) is 0. The summed E-state index contributed by atoms with van der Waals surface area (Å²) >= 11 is 0. The van der Waals surface area contributed by atoms with Gasteiger partial charge in [0.15, 0.2) is 0 Å². The number of hydrogen-bond acceptors (Lipinski definition) is 5. The Bertz CT molecular complexity index is 394.